The van der Waals surface area contributed by atoms with E-state index in [0.29, 0.717) is 13.0 Å². The van der Waals surface area contributed by atoms with Crippen LogP contribution in [0.25, 0.3) is 0 Å². The predicted octanol–water partition coefficient (Wildman–Crippen LogP) is 2.60. The highest BCUT2D eigenvalue weighted by Crippen LogP contribution is 2.17. The second kappa shape index (κ2) is 8.29. The summed E-state index contributed by atoms with van der Waals surface area (Å²) in [7, 11) is 0. The maximum Gasteiger partial charge on any atom is 0.240 e. The molecule has 23 heavy (non-hydrogen) atoms. The van der Waals surface area contributed by atoms with Gasteiger partial charge in [-0.05, 0) is 37.8 Å². The van der Waals surface area contributed by atoms with Crippen LogP contribution in [0, 0.1) is 0 Å². The van der Waals surface area contributed by atoms with Crippen LogP contribution in [-0.2, 0) is 11.3 Å². The van der Waals surface area contributed by atoms with Crippen LogP contribution >= 0.6 is 0 Å². The van der Waals surface area contributed by atoms with Crippen LogP contribution in [0.2, 0.25) is 0 Å². The van der Waals surface area contributed by atoms with Gasteiger partial charge in [0.25, 0.3) is 0 Å². The van der Waals surface area contributed by atoms with Crippen molar-refractivity contribution in [2.45, 2.75) is 64.5 Å². The van der Waals surface area contributed by atoms with Crippen molar-refractivity contribution in [2.24, 2.45) is 5.73 Å². The Morgan fingerprint density at radius 1 is 1.30 bits per heavy atom. The molecule has 5 nitrogen and oxygen atoms in total. The summed E-state index contributed by atoms with van der Waals surface area (Å²) < 4.78 is 0. The van der Waals surface area contributed by atoms with Crippen molar-refractivity contribution in [1.82, 2.24) is 10.3 Å². The lowest BCUT2D eigenvalue weighted by atomic mass is 9.96. The zero-order chi connectivity index (χ0) is 16.7. The summed E-state index contributed by atoms with van der Waals surface area (Å²) in [6.45, 7) is 6.47. The molecule has 0 spiro atoms. The van der Waals surface area contributed by atoms with E-state index in [1.807, 2.05) is 19.2 Å². The van der Waals surface area contributed by atoms with Gasteiger partial charge in [0.15, 0.2) is 0 Å². The van der Waals surface area contributed by atoms with Gasteiger partial charge in [-0.3, -0.25) is 4.79 Å². The van der Waals surface area contributed by atoms with E-state index in [9.17, 15) is 4.79 Å². The molecule has 0 radical (unpaired) electrons. The van der Waals surface area contributed by atoms with Crippen molar-refractivity contribution < 1.29 is 4.79 Å². The minimum absolute atomic E-state index is 0.101. The molecular weight excluding hydrogens is 288 g/mol. The summed E-state index contributed by atoms with van der Waals surface area (Å²) in [5.74, 6) is 0.938. The van der Waals surface area contributed by atoms with Crippen LogP contribution in [0.4, 0.5) is 5.82 Å². The van der Waals surface area contributed by atoms with Gasteiger partial charge >= 0.3 is 0 Å². The Balaban J connectivity index is 1.88. The lowest BCUT2D eigenvalue weighted by molar-refractivity contribution is -0.126. The van der Waals surface area contributed by atoms with Crippen LogP contribution in [0.1, 0.15) is 57.9 Å². The average Bonchev–Trinajstić information content (AvgIpc) is 2.82. The smallest absolute Gasteiger partial charge is 0.240 e. The number of hydrogen-bond donors (Lipinski definition) is 2. The van der Waals surface area contributed by atoms with Gasteiger partial charge in [0.1, 0.15) is 5.82 Å². The van der Waals surface area contributed by atoms with Crippen LogP contribution in [-0.4, -0.2) is 29.5 Å². The number of hydrogen-bond acceptors (Lipinski definition) is 4. The molecular formula is C18H30N4O. The molecule has 1 atom stereocenters. The number of amides is 1. The monoisotopic (exact) mass is 318 g/mol. The van der Waals surface area contributed by atoms with Crippen molar-refractivity contribution in [3.63, 3.8) is 0 Å². The normalized spacial score (nSPS) is 18.1. The van der Waals surface area contributed by atoms with Gasteiger partial charge in [0, 0.05) is 25.8 Å². The maximum absolute atomic E-state index is 12.1. The lowest BCUT2D eigenvalue weighted by Crippen LogP contribution is -2.51. The van der Waals surface area contributed by atoms with Gasteiger partial charge in [0.2, 0.25) is 5.91 Å². The molecule has 1 fully saturated rings. The predicted molar refractivity (Wildman–Crippen MR) is 94.3 cm³/mol. The second-order valence-corrected chi connectivity index (χ2v) is 6.78. The molecule has 0 bridgehead atoms. The van der Waals surface area contributed by atoms with Crippen LogP contribution in [0.5, 0.6) is 0 Å². The van der Waals surface area contributed by atoms with Gasteiger partial charge in [-0.2, -0.15) is 0 Å². The van der Waals surface area contributed by atoms with E-state index in [1.165, 1.54) is 25.7 Å². The van der Waals surface area contributed by atoms with Crippen molar-refractivity contribution in [1.29, 1.82) is 0 Å². The fourth-order valence-corrected chi connectivity index (χ4v) is 3.03. The third-order valence-corrected chi connectivity index (χ3v) is 4.48. The fourth-order valence-electron chi connectivity index (χ4n) is 3.03. The topological polar surface area (TPSA) is 71.2 Å². The van der Waals surface area contributed by atoms with Crippen molar-refractivity contribution in [2.75, 3.05) is 18.0 Å². The molecule has 1 saturated heterocycles. The summed E-state index contributed by atoms with van der Waals surface area (Å²) in [4.78, 5) is 19.0. The van der Waals surface area contributed by atoms with E-state index in [1.54, 1.807) is 6.92 Å². The Kier molecular flexibility index (Phi) is 6.39. The molecule has 2 heterocycles. The Bertz CT molecular complexity index is 490. The standard InChI is InChI=1S/C18H30N4O/c1-3-10-18(2,19)17(23)21-14-15-8-9-16(20-13-15)22-11-6-4-5-7-12-22/h8-9,13H,3-7,10-12,14,19H2,1-2H3,(H,21,23). The van der Waals surface area contributed by atoms with Crippen molar-refractivity contribution in [3.8, 4) is 0 Å². The molecule has 5 heteroatoms. The summed E-state index contributed by atoms with van der Waals surface area (Å²) >= 11 is 0. The molecule has 1 aromatic rings. The highest BCUT2D eigenvalue weighted by molar-refractivity contribution is 5.85. The fraction of sp³-hybridized carbons (Fsp3) is 0.667. The zero-order valence-corrected chi connectivity index (χ0v) is 14.5. The zero-order valence-electron chi connectivity index (χ0n) is 14.5. The maximum atomic E-state index is 12.1. The molecule has 1 aliphatic rings. The van der Waals surface area contributed by atoms with Gasteiger partial charge in [-0.15, -0.1) is 0 Å². The molecule has 128 valence electrons. The Morgan fingerprint density at radius 2 is 2.00 bits per heavy atom. The summed E-state index contributed by atoms with van der Waals surface area (Å²) in [6, 6.07) is 4.10. The Hall–Kier alpha value is -1.62. The number of pyridine rings is 1. The first-order valence-corrected chi connectivity index (χ1v) is 8.80. The van der Waals surface area contributed by atoms with E-state index in [-0.39, 0.29) is 5.91 Å². The molecule has 0 aromatic carbocycles. The van der Waals surface area contributed by atoms with Gasteiger partial charge in [-0.1, -0.05) is 32.3 Å². The molecule has 1 aliphatic heterocycles. The third kappa shape index (κ3) is 5.20. The van der Waals surface area contributed by atoms with E-state index < -0.39 is 5.54 Å². The lowest BCUT2D eigenvalue weighted by Gasteiger charge is -2.23. The number of anilines is 1. The molecule has 0 saturated carbocycles. The first kappa shape index (κ1) is 17.7. The number of nitrogens with two attached hydrogens (primary N) is 1. The molecule has 0 aliphatic carbocycles. The van der Waals surface area contributed by atoms with Crippen molar-refractivity contribution in [3.05, 3.63) is 23.9 Å². The first-order valence-electron chi connectivity index (χ1n) is 8.80. The summed E-state index contributed by atoms with van der Waals surface area (Å²) in [5, 5.41) is 2.92. The first-order chi connectivity index (χ1) is 11.0. The third-order valence-electron chi connectivity index (χ3n) is 4.48. The number of aromatic nitrogens is 1. The summed E-state index contributed by atoms with van der Waals surface area (Å²) in [6.07, 6.45) is 8.55. The van der Waals surface area contributed by atoms with E-state index in [4.69, 9.17) is 5.73 Å². The van der Waals surface area contributed by atoms with Crippen molar-refractivity contribution >= 4 is 11.7 Å². The SMILES string of the molecule is CCCC(C)(N)C(=O)NCc1ccc(N2CCCCCC2)nc1. The highest BCUT2D eigenvalue weighted by Gasteiger charge is 2.26. The molecule has 2 rings (SSSR count). The van der Waals surface area contributed by atoms with Gasteiger partial charge < -0.3 is 16.0 Å². The highest BCUT2D eigenvalue weighted by atomic mass is 16.2. The van der Waals surface area contributed by atoms with E-state index in [2.05, 4.69) is 21.3 Å². The number of nitrogens with zero attached hydrogens (tertiary/aromatic N) is 2. The molecule has 1 unspecified atom stereocenters. The average molecular weight is 318 g/mol. The minimum Gasteiger partial charge on any atom is -0.357 e. The quantitative estimate of drug-likeness (QED) is 0.846. The van der Waals surface area contributed by atoms with E-state index in [0.717, 1.165) is 30.9 Å². The number of rotatable bonds is 6. The molecule has 1 aromatic heterocycles. The largest absolute Gasteiger partial charge is 0.357 e. The van der Waals surface area contributed by atoms with Gasteiger partial charge in [0.05, 0.1) is 5.54 Å². The van der Waals surface area contributed by atoms with Crippen LogP contribution < -0.4 is 16.0 Å². The molecule has 1 amide bonds. The minimum atomic E-state index is -0.797. The molecule has 3 N–H and O–H groups in total. The Morgan fingerprint density at radius 3 is 2.57 bits per heavy atom. The Labute approximate surface area is 139 Å². The number of nitrogens with one attached hydrogen (secondary N) is 1. The van der Waals surface area contributed by atoms with Crippen LogP contribution in [0.15, 0.2) is 18.3 Å². The summed E-state index contributed by atoms with van der Waals surface area (Å²) in [5.41, 5.74) is 6.24. The number of carbonyl (C=O) groups is 1. The second-order valence-electron chi connectivity index (χ2n) is 6.78. The van der Waals surface area contributed by atoms with Crippen LogP contribution in [0.3, 0.4) is 0 Å². The van der Waals surface area contributed by atoms with E-state index >= 15 is 0 Å². The van der Waals surface area contributed by atoms with Gasteiger partial charge in [-0.25, -0.2) is 4.98 Å². The number of carbonyl (C=O) groups excluding carboxylic acids is 1.